The van der Waals surface area contributed by atoms with Crippen LogP contribution in [0, 0.1) is 0 Å². The molecular formula is C24H24Cl2N4O3. The number of amides is 1. The number of H-pyrrole nitrogens is 1. The first kappa shape index (κ1) is 23.0. The summed E-state index contributed by atoms with van der Waals surface area (Å²) in [6, 6.07) is 3.79. The van der Waals surface area contributed by atoms with Gasteiger partial charge in [0.2, 0.25) is 0 Å². The monoisotopic (exact) mass is 486 g/mol. The molecule has 5 N–H and O–H groups in total. The van der Waals surface area contributed by atoms with Gasteiger partial charge in [-0.1, -0.05) is 48.0 Å². The van der Waals surface area contributed by atoms with Crippen molar-refractivity contribution in [2.75, 3.05) is 18.8 Å². The van der Waals surface area contributed by atoms with E-state index in [1.807, 2.05) is 18.2 Å². The van der Waals surface area contributed by atoms with Crippen molar-refractivity contribution in [3.8, 4) is 0 Å². The van der Waals surface area contributed by atoms with E-state index in [-0.39, 0.29) is 15.6 Å². The van der Waals surface area contributed by atoms with Gasteiger partial charge in [-0.15, -0.1) is 0 Å². The number of carboxylic acid groups (broad SMARTS) is 1. The third-order valence-corrected chi connectivity index (χ3v) is 6.45. The third kappa shape index (κ3) is 4.79. The standard InChI is InChI=1S/C24H24Cl2N4O3/c1-2-3-4-14-10-18(29-23(14)27)22(13-5-6-13)30-8-7-16-15(12-30)9-17(25)20(21(16)26)24(33)28-11-19(31)32/h2-4,9-10,29H,1,5-8,11-12,27H2,(H,28,33)(H,31,32)/b4-3-. The summed E-state index contributed by atoms with van der Waals surface area (Å²) >= 11 is 13.0. The van der Waals surface area contributed by atoms with Crippen LogP contribution in [0.4, 0.5) is 5.82 Å². The van der Waals surface area contributed by atoms with E-state index in [9.17, 15) is 9.59 Å². The molecule has 7 nitrogen and oxygen atoms in total. The fourth-order valence-electron chi connectivity index (χ4n) is 4.10. The molecule has 1 aliphatic carbocycles. The SMILES string of the molecule is C=C/C=C\c1cc(C(=C2CC2)N2CCc3c(cc(Cl)c(C(=O)NCC(=O)O)c3Cl)C2)[nH]c1N. The maximum Gasteiger partial charge on any atom is 0.322 e. The van der Waals surface area contributed by atoms with Gasteiger partial charge in [-0.05, 0) is 48.1 Å². The molecule has 0 spiro atoms. The summed E-state index contributed by atoms with van der Waals surface area (Å²) < 4.78 is 0. The topological polar surface area (TPSA) is 111 Å². The van der Waals surface area contributed by atoms with Crippen molar-refractivity contribution in [3.05, 3.63) is 74.4 Å². The Labute approximate surface area is 201 Å². The molecule has 1 fully saturated rings. The number of allylic oxidation sites excluding steroid dienone is 3. The third-order valence-electron chi connectivity index (χ3n) is 5.73. The van der Waals surface area contributed by atoms with Crippen LogP contribution in [0.15, 0.2) is 36.4 Å². The van der Waals surface area contributed by atoms with E-state index in [0.29, 0.717) is 25.3 Å². The van der Waals surface area contributed by atoms with Crippen LogP contribution in [0.1, 0.15) is 45.6 Å². The molecule has 0 unspecified atom stereocenters. The predicted molar refractivity (Wildman–Crippen MR) is 131 cm³/mol. The molecule has 1 saturated carbocycles. The number of rotatable bonds is 7. The molecule has 0 radical (unpaired) electrons. The molecule has 0 bridgehead atoms. The van der Waals surface area contributed by atoms with Crippen molar-refractivity contribution in [2.24, 2.45) is 0 Å². The molecule has 172 valence electrons. The molecule has 1 amide bonds. The first-order valence-corrected chi connectivity index (χ1v) is 11.3. The number of aromatic amines is 1. The van der Waals surface area contributed by atoms with E-state index in [1.54, 1.807) is 12.1 Å². The summed E-state index contributed by atoms with van der Waals surface area (Å²) in [7, 11) is 0. The van der Waals surface area contributed by atoms with Gasteiger partial charge in [-0.2, -0.15) is 0 Å². The van der Waals surface area contributed by atoms with E-state index in [1.165, 1.54) is 5.57 Å². The van der Waals surface area contributed by atoms with Gasteiger partial charge in [-0.3, -0.25) is 9.59 Å². The Morgan fingerprint density at radius 2 is 2.03 bits per heavy atom. The number of nitrogen functional groups attached to an aromatic ring is 1. The molecule has 9 heteroatoms. The number of hydrogen-bond donors (Lipinski definition) is 4. The molecule has 2 heterocycles. The second-order valence-electron chi connectivity index (χ2n) is 8.03. The molecule has 1 aromatic heterocycles. The average Bonchev–Trinajstić information content (AvgIpc) is 3.53. The number of benzene rings is 1. The lowest BCUT2D eigenvalue weighted by molar-refractivity contribution is -0.135. The summed E-state index contributed by atoms with van der Waals surface area (Å²) in [5, 5.41) is 11.6. The second kappa shape index (κ2) is 9.37. The highest BCUT2D eigenvalue weighted by Gasteiger charge is 2.30. The van der Waals surface area contributed by atoms with Crippen LogP contribution in [0.3, 0.4) is 0 Å². The minimum absolute atomic E-state index is 0.114. The van der Waals surface area contributed by atoms with Gasteiger partial charge in [-0.25, -0.2) is 0 Å². The first-order chi connectivity index (χ1) is 15.8. The molecule has 1 aromatic carbocycles. The highest BCUT2D eigenvalue weighted by atomic mass is 35.5. The summed E-state index contributed by atoms with van der Waals surface area (Å²) in [6.07, 6.45) is 8.18. The Kier molecular flexibility index (Phi) is 6.54. The molecule has 1 aliphatic heterocycles. The molecule has 2 aromatic rings. The lowest BCUT2D eigenvalue weighted by Crippen LogP contribution is -2.32. The number of aromatic nitrogens is 1. The Hall–Kier alpha value is -3.16. The van der Waals surface area contributed by atoms with Gasteiger partial charge < -0.3 is 26.0 Å². The first-order valence-electron chi connectivity index (χ1n) is 10.5. The number of carbonyl (C=O) groups excluding carboxylic acids is 1. The lowest BCUT2D eigenvalue weighted by atomic mass is 9.95. The quantitative estimate of drug-likeness (QED) is 0.431. The zero-order chi connectivity index (χ0) is 23.7. The number of carbonyl (C=O) groups is 2. The van der Waals surface area contributed by atoms with Crippen molar-refractivity contribution in [1.29, 1.82) is 0 Å². The molecular weight excluding hydrogens is 463 g/mol. The molecule has 4 rings (SSSR count). The summed E-state index contributed by atoms with van der Waals surface area (Å²) in [4.78, 5) is 28.8. The van der Waals surface area contributed by atoms with Crippen molar-refractivity contribution < 1.29 is 14.7 Å². The Morgan fingerprint density at radius 1 is 1.27 bits per heavy atom. The molecule has 0 atom stereocenters. The smallest absolute Gasteiger partial charge is 0.322 e. The normalized spacial score (nSPS) is 14.8. The Balaban J connectivity index is 1.63. The van der Waals surface area contributed by atoms with Crippen LogP contribution in [0.2, 0.25) is 10.0 Å². The van der Waals surface area contributed by atoms with Gasteiger partial charge in [0.1, 0.15) is 12.4 Å². The highest BCUT2D eigenvalue weighted by Crippen LogP contribution is 2.42. The van der Waals surface area contributed by atoms with E-state index in [4.69, 9.17) is 34.0 Å². The minimum atomic E-state index is -1.14. The Bertz CT molecular complexity index is 1210. The number of fused-ring (bicyclic) bond motifs is 1. The van der Waals surface area contributed by atoms with Crippen LogP contribution in [-0.4, -0.2) is 40.0 Å². The fraction of sp³-hybridized carbons (Fsp3) is 0.250. The molecule has 2 aliphatic rings. The van der Waals surface area contributed by atoms with E-state index >= 15 is 0 Å². The predicted octanol–water partition coefficient (Wildman–Crippen LogP) is 4.48. The second-order valence-corrected chi connectivity index (χ2v) is 8.82. The van der Waals surface area contributed by atoms with Gasteiger partial charge in [0.25, 0.3) is 5.91 Å². The summed E-state index contributed by atoms with van der Waals surface area (Å²) in [5.41, 5.74) is 12.5. The van der Waals surface area contributed by atoms with Crippen molar-refractivity contribution in [1.82, 2.24) is 15.2 Å². The Morgan fingerprint density at radius 3 is 2.70 bits per heavy atom. The van der Waals surface area contributed by atoms with Gasteiger partial charge in [0, 0.05) is 18.7 Å². The zero-order valence-electron chi connectivity index (χ0n) is 17.9. The fourth-order valence-corrected chi connectivity index (χ4v) is 4.87. The average molecular weight is 487 g/mol. The summed E-state index contributed by atoms with van der Waals surface area (Å²) in [6.45, 7) is 4.49. The molecule has 0 saturated heterocycles. The van der Waals surface area contributed by atoms with Crippen LogP contribution in [0.5, 0.6) is 0 Å². The number of halogens is 2. The maximum absolute atomic E-state index is 12.5. The number of nitrogens with zero attached hydrogens (tertiary/aromatic N) is 1. The van der Waals surface area contributed by atoms with E-state index in [2.05, 4.69) is 21.8 Å². The number of nitrogens with one attached hydrogen (secondary N) is 2. The van der Waals surface area contributed by atoms with Crippen LogP contribution >= 0.6 is 23.2 Å². The van der Waals surface area contributed by atoms with Crippen molar-refractivity contribution in [3.63, 3.8) is 0 Å². The lowest BCUT2D eigenvalue weighted by Gasteiger charge is -2.33. The van der Waals surface area contributed by atoms with Crippen LogP contribution in [-0.2, 0) is 17.8 Å². The zero-order valence-corrected chi connectivity index (χ0v) is 19.4. The number of hydrogen-bond acceptors (Lipinski definition) is 4. The number of anilines is 1. The largest absolute Gasteiger partial charge is 0.480 e. The highest BCUT2D eigenvalue weighted by molar-refractivity contribution is 6.40. The number of nitrogens with two attached hydrogens (primary N) is 1. The van der Waals surface area contributed by atoms with Crippen molar-refractivity contribution in [2.45, 2.75) is 25.8 Å². The minimum Gasteiger partial charge on any atom is -0.480 e. The van der Waals surface area contributed by atoms with Gasteiger partial charge >= 0.3 is 5.97 Å². The maximum atomic E-state index is 12.5. The van der Waals surface area contributed by atoms with E-state index < -0.39 is 18.4 Å². The molecule has 33 heavy (non-hydrogen) atoms. The van der Waals surface area contributed by atoms with Crippen LogP contribution in [0.25, 0.3) is 11.8 Å². The van der Waals surface area contributed by atoms with Crippen LogP contribution < -0.4 is 11.1 Å². The number of aliphatic carboxylic acids is 1. The van der Waals surface area contributed by atoms with Crippen molar-refractivity contribution >= 4 is 52.7 Å². The van der Waals surface area contributed by atoms with Gasteiger partial charge in [0.15, 0.2) is 0 Å². The summed E-state index contributed by atoms with van der Waals surface area (Å²) in [5.74, 6) is -1.14. The number of carboxylic acids is 1. The van der Waals surface area contributed by atoms with Gasteiger partial charge in [0.05, 0.1) is 27.0 Å². The van der Waals surface area contributed by atoms with E-state index in [0.717, 1.165) is 40.9 Å².